The summed E-state index contributed by atoms with van der Waals surface area (Å²) in [5, 5.41) is 0. The predicted octanol–water partition coefficient (Wildman–Crippen LogP) is 2.23. The van der Waals surface area contributed by atoms with E-state index in [2.05, 4.69) is 4.98 Å². The molecule has 1 aromatic heterocycles. The first-order valence-corrected chi connectivity index (χ1v) is 8.59. The van der Waals surface area contributed by atoms with Crippen LogP contribution in [0.25, 0.3) is 0 Å². The second-order valence-corrected chi connectivity index (χ2v) is 6.49. The molecule has 1 aliphatic heterocycles. The lowest BCUT2D eigenvalue weighted by atomic mass is 10.0. The molecule has 5 nitrogen and oxygen atoms in total. The largest absolute Gasteiger partial charge is 0.339 e. The van der Waals surface area contributed by atoms with Crippen LogP contribution in [0.2, 0.25) is 0 Å². The van der Waals surface area contributed by atoms with Gasteiger partial charge >= 0.3 is 0 Å². The Labute approximate surface area is 148 Å². The van der Waals surface area contributed by atoms with Crippen LogP contribution >= 0.6 is 0 Å². The Balaban J connectivity index is 1.58. The molecule has 130 valence electrons. The van der Waals surface area contributed by atoms with Crippen LogP contribution in [0.5, 0.6) is 0 Å². The molecule has 0 atom stereocenters. The zero-order valence-corrected chi connectivity index (χ0v) is 14.7. The average molecular weight is 337 g/mol. The van der Waals surface area contributed by atoms with Crippen molar-refractivity contribution in [2.75, 3.05) is 26.2 Å². The molecule has 1 aromatic carbocycles. The van der Waals surface area contributed by atoms with Crippen molar-refractivity contribution in [3.63, 3.8) is 0 Å². The van der Waals surface area contributed by atoms with Crippen LogP contribution in [0, 0.1) is 13.8 Å². The second-order valence-electron chi connectivity index (χ2n) is 6.49. The van der Waals surface area contributed by atoms with Crippen molar-refractivity contribution >= 4 is 11.8 Å². The predicted molar refractivity (Wildman–Crippen MR) is 96.3 cm³/mol. The van der Waals surface area contributed by atoms with Crippen LogP contribution in [-0.4, -0.2) is 52.8 Å². The summed E-state index contributed by atoms with van der Waals surface area (Å²) in [6.45, 7) is 6.27. The van der Waals surface area contributed by atoms with Gasteiger partial charge in [0.2, 0.25) is 5.91 Å². The molecular formula is C20H23N3O2. The van der Waals surface area contributed by atoms with Crippen molar-refractivity contribution in [3.8, 4) is 0 Å². The molecule has 0 saturated carbocycles. The molecule has 3 rings (SSSR count). The third-order valence-electron chi connectivity index (χ3n) is 4.59. The molecule has 0 radical (unpaired) electrons. The Hall–Kier alpha value is -2.69. The standard InChI is InChI=1S/C20H23N3O2/c1-15-6-7-18(16(2)13-15)20(25)23-11-9-22(10-12-23)19(24)14-17-5-3-4-8-21-17/h3-8,13H,9-12,14H2,1-2H3. The molecule has 2 aromatic rings. The van der Waals surface area contributed by atoms with E-state index < -0.39 is 0 Å². The van der Waals surface area contributed by atoms with Crippen molar-refractivity contribution < 1.29 is 9.59 Å². The normalized spacial score (nSPS) is 14.5. The molecule has 2 amide bonds. The van der Waals surface area contributed by atoms with Crippen LogP contribution in [-0.2, 0) is 11.2 Å². The number of hydrogen-bond donors (Lipinski definition) is 0. The highest BCUT2D eigenvalue weighted by molar-refractivity contribution is 5.96. The fourth-order valence-electron chi connectivity index (χ4n) is 3.15. The monoisotopic (exact) mass is 337 g/mol. The molecule has 25 heavy (non-hydrogen) atoms. The number of rotatable bonds is 3. The Morgan fingerprint density at radius 1 is 1.00 bits per heavy atom. The Morgan fingerprint density at radius 3 is 2.36 bits per heavy atom. The molecule has 5 heteroatoms. The van der Waals surface area contributed by atoms with Gasteiger partial charge in [-0.3, -0.25) is 14.6 Å². The SMILES string of the molecule is Cc1ccc(C(=O)N2CCN(C(=O)Cc3ccccn3)CC2)c(C)c1. The quantitative estimate of drug-likeness (QED) is 0.863. The van der Waals surface area contributed by atoms with Crippen molar-refractivity contribution in [1.29, 1.82) is 0 Å². The van der Waals surface area contributed by atoms with Gasteiger partial charge in [-0.1, -0.05) is 23.8 Å². The summed E-state index contributed by atoms with van der Waals surface area (Å²) in [6, 6.07) is 11.5. The highest BCUT2D eigenvalue weighted by Crippen LogP contribution is 2.15. The van der Waals surface area contributed by atoms with Gasteiger partial charge in [-0.2, -0.15) is 0 Å². The number of nitrogens with zero attached hydrogens (tertiary/aromatic N) is 3. The van der Waals surface area contributed by atoms with E-state index >= 15 is 0 Å². The molecular weight excluding hydrogens is 314 g/mol. The van der Waals surface area contributed by atoms with Gasteiger partial charge in [-0.15, -0.1) is 0 Å². The van der Waals surface area contributed by atoms with Crippen molar-refractivity contribution in [2.45, 2.75) is 20.3 Å². The maximum atomic E-state index is 12.7. The van der Waals surface area contributed by atoms with Gasteiger partial charge in [-0.25, -0.2) is 0 Å². The number of aromatic nitrogens is 1. The van der Waals surface area contributed by atoms with Gasteiger partial charge in [0.15, 0.2) is 0 Å². The van der Waals surface area contributed by atoms with Gasteiger partial charge in [-0.05, 0) is 37.6 Å². The number of pyridine rings is 1. The lowest BCUT2D eigenvalue weighted by molar-refractivity contribution is -0.132. The van der Waals surface area contributed by atoms with E-state index in [4.69, 9.17) is 0 Å². The summed E-state index contributed by atoms with van der Waals surface area (Å²) in [6.07, 6.45) is 2.01. The summed E-state index contributed by atoms with van der Waals surface area (Å²) >= 11 is 0. The van der Waals surface area contributed by atoms with Crippen molar-refractivity contribution in [3.05, 3.63) is 65.0 Å². The number of benzene rings is 1. The summed E-state index contributed by atoms with van der Waals surface area (Å²) in [5.74, 6) is 0.117. The lowest BCUT2D eigenvalue weighted by Gasteiger charge is -2.35. The molecule has 0 bridgehead atoms. The van der Waals surface area contributed by atoms with Crippen LogP contribution in [0.15, 0.2) is 42.6 Å². The minimum absolute atomic E-state index is 0.0503. The summed E-state index contributed by atoms with van der Waals surface area (Å²) in [7, 11) is 0. The van der Waals surface area contributed by atoms with Crippen LogP contribution < -0.4 is 0 Å². The number of carbonyl (C=O) groups is 2. The minimum Gasteiger partial charge on any atom is -0.339 e. The first-order chi connectivity index (χ1) is 12.0. The zero-order valence-electron chi connectivity index (χ0n) is 14.7. The van der Waals surface area contributed by atoms with Gasteiger partial charge in [0.25, 0.3) is 5.91 Å². The highest BCUT2D eigenvalue weighted by atomic mass is 16.2. The molecule has 2 heterocycles. The fourth-order valence-corrected chi connectivity index (χ4v) is 3.15. The number of aryl methyl sites for hydroxylation is 2. The number of hydrogen-bond acceptors (Lipinski definition) is 3. The molecule has 1 fully saturated rings. The topological polar surface area (TPSA) is 53.5 Å². The molecule has 1 aliphatic rings. The third-order valence-corrected chi connectivity index (χ3v) is 4.59. The number of carbonyl (C=O) groups excluding carboxylic acids is 2. The highest BCUT2D eigenvalue weighted by Gasteiger charge is 2.25. The molecule has 0 N–H and O–H groups in total. The van der Waals surface area contributed by atoms with E-state index in [-0.39, 0.29) is 11.8 Å². The van der Waals surface area contributed by atoms with Crippen molar-refractivity contribution in [2.24, 2.45) is 0 Å². The van der Waals surface area contributed by atoms with E-state index in [1.165, 1.54) is 0 Å². The molecule has 1 saturated heterocycles. The lowest BCUT2D eigenvalue weighted by Crippen LogP contribution is -2.51. The third kappa shape index (κ3) is 4.05. The van der Waals surface area contributed by atoms with E-state index in [0.29, 0.717) is 32.6 Å². The van der Waals surface area contributed by atoms with Crippen LogP contribution in [0.3, 0.4) is 0 Å². The van der Waals surface area contributed by atoms with Crippen LogP contribution in [0.1, 0.15) is 27.2 Å². The zero-order chi connectivity index (χ0) is 17.8. The fraction of sp³-hybridized carbons (Fsp3) is 0.350. The van der Waals surface area contributed by atoms with Gasteiger partial charge < -0.3 is 9.80 Å². The summed E-state index contributed by atoms with van der Waals surface area (Å²) in [5.41, 5.74) is 3.68. The summed E-state index contributed by atoms with van der Waals surface area (Å²) in [4.78, 5) is 33.0. The van der Waals surface area contributed by atoms with E-state index in [1.807, 2.05) is 60.0 Å². The minimum atomic E-state index is 0.0503. The second kappa shape index (κ2) is 7.47. The van der Waals surface area contributed by atoms with E-state index in [9.17, 15) is 9.59 Å². The molecule has 0 spiro atoms. The van der Waals surface area contributed by atoms with Gasteiger partial charge in [0.05, 0.1) is 6.42 Å². The average Bonchev–Trinajstić information content (AvgIpc) is 2.62. The Kier molecular flexibility index (Phi) is 5.12. The smallest absolute Gasteiger partial charge is 0.254 e. The Bertz CT molecular complexity index is 766. The van der Waals surface area contributed by atoms with E-state index in [1.54, 1.807) is 6.20 Å². The summed E-state index contributed by atoms with van der Waals surface area (Å²) < 4.78 is 0. The number of amides is 2. The van der Waals surface area contributed by atoms with Gasteiger partial charge in [0.1, 0.15) is 0 Å². The first kappa shape index (κ1) is 17.1. The van der Waals surface area contributed by atoms with Gasteiger partial charge in [0, 0.05) is 43.6 Å². The van der Waals surface area contributed by atoms with Crippen molar-refractivity contribution in [1.82, 2.24) is 14.8 Å². The van der Waals surface area contributed by atoms with E-state index in [0.717, 1.165) is 22.4 Å². The molecule has 0 unspecified atom stereocenters. The Morgan fingerprint density at radius 2 is 1.72 bits per heavy atom. The van der Waals surface area contributed by atoms with Crippen LogP contribution in [0.4, 0.5) is 0 Å². The first-order valence-electron chi connectivity index (χ1n) is 8.59. The molecule has 0 aliphatic carbocycles. The maximum Gasteiger partial charge on any atom is 0.254 e. The maximum absolute atomic E-state index is 12.7. The number of piperazine rings is 1.